The summed E-state index contributed by atoms with van der Waals surface area (Å²) in [6, 6.07) is 4.09. The van der Waals surface area contributed by atoms with Crippen molar-refractivity contribution >= 4 is 55.4 Å². The molecular formula is C19H21ClN4O5S2. The molecule has 1 heterocycles. The second-order valence-corrected chi connectivity index (χ2v) is 10.5. The number of thiazole rings is 1. The van der Waals surface area contributed by atoms with Gasteiger partial charge in [-0.15, -0.1) is 0 Å². The Balaban J connectivity index is 1.90. The minimum absolute atomic E-state index is 0.0385. The molecular weight excluding hydrogens is 464 g/mol. The summed E-state index contributed by atoms with van der Waals surface area (Å²) in [5.74, 6) is -1.31. The zero-order valence-corrected chi connectivity index (χ0v) is 19.0. The minimum atomic E-state index is -3.54. The summed E-state index contributed by atoms with van der Waals surface area (Å²) < 4.78 is 23.7. The largest absolute Gasteiger partial charge is 0.392 e. The third-order valence-electron chi connectivity index (χ3n) is 4.63. The van der Waals surface area contributed by atoms with Crippen molar-refractivity contribution in [2.75, 3.05) is 11.6 Å². The van der Waals surface area contributed by atoms with Crippen molar-refractivity contribution in [3.8, 4) is 0 Å². The van der Waals surface area contributed by atoms with Crippen LogP contribution in [0.15, 0.2) is 34.4 Å². The Hall–Kier alpha value is -2.50. The van der Waals surface area contributed by atoms with Crippen LogP contribution in [0, 0.1) is 0 Å². The number of oxime groups is 1. The topological polar surface area (TPSA) is 141 Å². The molecule has 1 aliphatic carbocycles. The average molecular weight is 485 g/mol. The summed E-state index contributed by atoms with van der Waals surface area (Å²) in [5.41, 5.74) is 5.40. The highest BCUT2D eigenvalue weighted by Gasteiger charge is 2.22. The van der Waals surface area contributed by atoms with Crippen molar-refractivity contribution in [1.82, 2.24) is 4.98 Å². The SMILES string of the molecule is CS(=O)(=O)c1ccc(C(=NOC2CCCCC2)C(=O)Nc2ncc(C(N)=O)s2)cc1Cl. The molecule has 3 N–H and O–H groups in total. The van der Waals surface area contributed by atoms with Gasteiger partial charge in [-0.2, -0.15) is 0 Å². The van der Waals surface area contributed by atoms with Crippen LogP contribution in [0.25, 0.3) is 0 Å². The number of aromatic nitrogens is 1. The van der Waals surface area contributed by atoms with Crippen LogP contribution in [0.1, 0.15) is 47.3 Å². The second kappa shape index (κ2) is 9.75. The van der Waals surface area contributed by atoms with Crippen LogP contribution in [-0.4, -0.2) is 43.3 Å². The van der Waals surface area contributed by atoms with E-state index < -0.39 is 21.7 Å². The molecule has 0 saturated heterocycles. The highest BCUT2D eigenvalue weighted by atomic mass is 35.5. The number of rotatable bonds is 7. The monoisotopic (exact) mass is 484 g/mol. The predicted octanol–water partition coefficient (Wildman–Crippen LogP) is 2.99. The van der Waals surface area contributed by atoms with Crippen molar-refractivity contribution in [2.24, 2.45) is 10.9 Å². The van der Waals surface area contributed by atoms with Crippen LogP contribution < -0.4 is 11.1 Å². The maximum Gasteiger partial charge on any atom is 0.280 e. The van der Waals surface area contributed by atoms with E-state index in [2.05, 4.69) is 15.5 Å². The van der Waals surface area contributed by atoms with E-state index in [1.165, 1.54) is 24.4 Å². The van der Waals surface area contributed by atoms with E-state index in [-0.39, 0.29) is 37.3 Å². The quantitative estimate of drug-likeness (QED) is 0.457. The molecule has 0 radical (unpaired) electrons. The van der Waals surface area contributed by atoms with Gasteiger partial charge in [-0.3, -0.25) is 14.9 Å². The lowest BCUT2D eigenvalue weighted by Crippen LogP contribution is -2.25. The maximum absolute atomic E-state index is 12.9. The number of hydrogen-bond acceptors (Lipinski definition) is 8. The van der Waals surface area contributed by atoms with Gasteiger partial charge in [0.05, 0.1) is 16.1 Å². The third kappa shape index (κ3) is 6.02. The van der Waals surface area contributed by atoms with Crippen LogP contribution >= 0.6 is 22.9 Å². The molecule has 0 aliphatic heterocycles. The van der Waals surface area contributed by atoms with E-state index in [1.54, 1.807) is 0 Å². The van der Waals surface area contributed by atoms with E-state index >= 15 is 0 Å². The first-order valence-electron chi connectivity index (χ1n) is 9.46. The number of nitrogens with one attached hydrogen (secondary N) is 1. The Kier molecular flexibility index (Phi) is 7.29. The number of halogens is 1. The first kappa shape index (κ1) is 23.2. The van der Waals surface area contributed by atoms with Gasteiger partial charge in [-0.1, -0.05) is 40.6 Å². The molecule has 166 valence electrons. The molecule has 0 unspecified atom stereocenters. The predicted molar refractivity (Wildman–Crippen MR) is 118 cm³/mol. The molecule has 3 rings (SSSR count). The minimum Gasteiger partial charge on any atom is -0.392 e. The molecule has 2 amide bonds. The number of nitrogens with zero attached hydrogens (tertiary/aromatic N) is 2. The van der Waals surface area contributed by atoms with E-state index in [9.17, 15) is 18.0 Å². The Morgan fingerprint density at radius 3 is 2.58 bits per heavy atom. The van der Waals surface area contributed by atoms with Crippen molar-refractivity contribution < 1.29 is 22.8 Å². The fraction of sp³-hybridized carbons (Fsp3) is 0.368. The van der Waals surface area contributed by atoms with Gasteiger partial charge in [0.15, 0.2) is 20.7 Å². The van der Waals surface area contributed by atoms with Gasteiger partial charge < -0.3 is 10.6 Å². The fourth-order valence-corrected chi connectivity index (χ4v) is 5.07. The van der Waals surface area contributed by atoms with Crippen LogP contribution in [-0.2, 0) is 19.5 Å². The number of benzene rings is 1. The van der Waals surface area contributed by atoms with Crippen LogP contribution in [0.4, 0.5) is 5.13 Å². The van der Waals surface area contributed by atoms with E-state index in [1.807, 2.05) is 0 Å². The van der Waals surface area contributed by atoms with Crippen molar-refractivity contribution in [1.29, 1.82) is 0 Å². The molecule has 12 heteroatoms. The standard InChI is InChI=1S/C19H21ClN4O5S2/c1-31(27,28)15-8-7-11(9-13(15)20)16(24-29-12-5-3-2-4-6-12)18(26)23-19-22-10-14(30-19)17(21)25/h7-10,12H,2-6H2,1H3,(H2,21,25)(H,22,23,26). The molecule has 1 fully saturated rings. The number of carbonyl (C=O) groups is 2. The van der Waals surface area contributed by atoms with Crippen molar-refractivity contribution in [2.45, 2.75) is 43.1 Å². The van der Waals surface area contributed by atoms with E-state index in [0.717, 1.165) is 49.7 Å². The Morgan fingerprint density at radius 1 is 1.29 bits per heavy atom. The van der Waals surface area contributed by atoms with Crippen LogP contribution in [0.2, 0.25) is 5.02 Å². The summed E-state index contributed by atoms with van der Waals surface area (Å²) >= 11 is 7.06. The normalized spacial score (nSPS) is 15.5. The van der Waals surface area contributed by atoms with Crippen LogP contribution in [0.5, 0.6) is 0 Å². The number of primary amides is 1. The summed E-state index contributed by atoms with van der Waals surface area (Å²) in [5, 5.41) is 6.74. The fourth-order valence-electron chi connectivity index (χ4n) is 3.07. The molecule has 31 heavy (non-hydrogen) atoms. The summed E-state index contributed by atoms with van der Waals surface area (Å²) in [6.45, 7) is 0. The Labute approximate surface area is 188 Å². The highest BCUT2D eigenvalue weighted by Crippen LogP contribution is 2.25. The van der Waals surface area contributed by atoms with Crippen molar-refractivity contribution in [3.05, 3.63) is 39.9 Å². The molecule has 0 spiro atoms. The zero-order chi connectivity index (χ0) is 22.6. The van der Waals surface area contributed by atoms with Crippen LogP contribution in [0.3, 0.4) is 0 Å². The lowest BCUT2D eigenvalue weighted by Gasteiger charge is -2.20. The first-order valence-corrected chi connectivity index (χ1v) is 12.5. The second-order valence-electron chi connectivity index (χ2n) is 7.07. The van der Waals surface area contributed by atoms with Gasteiger partial charge in [-0.05, 0) is 37.8 Å². The molecule has 1 aliphatic rings. The molecule has 1 saturated carbocycles. The lowest BCUT2D eigenvalue weighted by atomic mass is 9.98. The zero-order valence-electron chi connectivity index (χ0n) is 16.6. The molecule has 1 aromatic heterocycles. The lowest BCUT2D eigenvalue weighted by molar-refractivity contribution is -0.110. The molecule has 1 aromatic carbocycles. The average Bonchev–Trinajstić information content (AvgIpc) is 3.17. The molecule has 2 aromatic rings. The number of anilines is 1. The van der Waals surface area contributed by atoms with E-state index in [0.29, 0.717) is 0 Å². The number of carbonyl (C=O) groups excluding carboxylic acids is 2. The third-order valence-corrected chi connectivity index (χ3v) is 7.14. The van der Waals surface area contributed by atoms with Gasteiger partial charge in [0.25, 0.3) is 11.8 Å². The smallest absolute Gasteiger partial charge is 0.280 e. The summed E-state index contributed by atoms with van der Waals surface area (Å²) in [4.78, 5) is 33.9. The first-order chi connectivity index (χ1) is 14.6. The maximum atomic E-state index is 12.9. The van der Waals surface area contributed by atoms with Gasteiger partial charge in [0.2, 0.25) is 0 Å². The van der Waals surface area contributed by atoms with Gasteiger partial charge >= 0.3 is 0 Å². The number of sulfone groups is 1. The highest BCUT2D eigenvalue weighted by molar-refractivity contribution is 7.90. The molecule has 9 nitrogen and oxygen atoms in total. The van der Waals surface area contributed by atoms with Gasteiger partial charge in [0, 0.05) is 11.8 Å². The summed E-state index contributed by atoms with van der Waals surface area (Å²) in [6.07, 6.45) is 7.03. The summed E-state index contributed by atoms with van der Waals surface area (Å²) in [7, 11) is -3.54. The molecule has 0 atom stereocenters. The Morgan fingerprint density at radius 2 is 2.00 bits per heavy atom. The van der Waals surface area contributed by atoms with E-state index in [4.69, 9.17) is 22.2 Å². The number of amides is 2. The number of hydrogen-bond donors (Lipinski definition) is 2. The van der Waals surface area contributed by atoms with Crippen molar-refractivity contribution in [3.63, 3.8) is 0 Å². The van der Waals surface area contributed by atoms with Gasteiger partial charge in [-0.25, -0.2) is 13.4 Å². The Bertz CT molecular complexity index is 1120. The van der Waals surface area contributed by atoms with Gasteiger partial charge in [0.1, 0.15) is 11.0 Å². The molecule has 0 bridgehead atoms. The number of nitrogens with two attached hydrogens (primary N) is 1.